The van der Waals surface area contributed by atoms with Gasteiger partial charge in [-0.1, -0.05) is 13.8 Å². The van der Waals surface area contributed by atoms with Crippen LogP contribution in [0, 0.1) is 10.7 Å². The van der Waals surface area contributed by atoms with Gasteiger partial charge in [0.05, 0.1) is 0 Å². The molecule has 0 unspecified atom stereocenters. The van der Waals surface area contributed by atoms with E-state index in [1.165, 1.54) is 11.8 Å². The van der Waals surface area contributed by atoms with Crippen molar-refractivity contribution in [3.63, 3.8) is 0 Å². The quantitative estimate of drug-likeness (QED) is 0.536. The highest BCUT2D eigenvalue weighted by Gasteiger charge is 1.86. The van der Waals surface area contributed by atoms with Gasteiger partial charge in [-0.15, -0.1) is 0 Å². The second-order valence-electron chi connectivity index (χ2n) is 1.26. The number of nitrogens with zero attached hydrogens (tertiary/aromatic N) is 1. The molecule has 3 heteroatoms. The molecule has 0 radical (unpaired) electrons. The largest absolute Gasteiger partial charge is 0.369 e. The summed E-state index contributed by atoms with van der Waals surface area (Å²) in [5, 5.41) is 10.4. The Morgan fingerprint density at radius 1 is 1.57 bits per heavy atom. The number of thiocyanates is 1. The molecule has 0 aliphatic heterocycles. The third kappa shape index (κ3) is 10.7. The van der Waals surface area contributed by atoms with Crippen molar-refractivity contribution in [2.75, 3.05) is 0 Å². The van der Waals surface area contributed by atoms with Crippen LogP contribution >= 0.6 is 11.8 Å². The van der Waals surface area contributed by atoms with Crippen molar-refractivity contribution in [2.45, 2.75) is 19.1 Å². The molecule has 7 heavy (non-hydrogen) atoms. The predicted octanol–water partition coefficient (Wildman–Crippen LogP) is 1.99. The van der Waals surface area contributed by atoms with E-state index in [2.05, 4.69) is 0 Å². The van der Waals surface area contributed by atoms with E-state index in [1.807, 2.05) is 19.2 Å². The summed E-state index contributed by atoms with van der Waals surface area (Å²) in [5.41, 5.74) is 0. The zero-order valence-corrected chi connectivity index (χ0v) is 5.75. The molecule has 0 spiro atoms. The molecular weight excluding hydrogens is 108 g/mol. The molecule has 4 N–H and O–H groups in total. The summed E-state index contributed by atoms with van der Waals surface area (Å²) < 4.78 is 0. The SMILES string of the molecule is CC(C)SC#N.[NH4+]. The number of rotatable bonds is 1. The molecule has 42 valence electrons. The Balaban J connectivity index is 0. The van der Waals surface area contributed by atoms with Gasteiger partial charge in [0.2, 0.25) is 0 Å². The highest BCUT2D eigenvalue weighted by atomic mass is 32.2. The van der Waals surface area contributed by atoms with Crippen LogP contribution in [0.1, 0.15) is 13.8 Å². The van der Waals surface area contributed by atoms with Crippen LogP contribution in [0.4, 0.5) is 0 Å². The molecule has 0 bridgehead atoms. The van der Waals surface area contributed by atoms with Gasteiger partial charge in [-0.2, -0.15) is 5.26 Å². The van der Waals surface area contributed by atoms with E-state index >= 15 is 0 Å². The van der Waals surface area contributed by atoms with Crippen molar-refractivity contribution >= 4 is 11.8 Å². The van der Waals surface area contributed by atoms with Gasteiger partial charge >= 0.3 is 0 Å². The Labute approximate surface area is 48.5 Å². The third-order valence-corrected chi connectivity index (χ3v) is 0.865. The fourth-order valence-corrected chi connectivity index (χ4v) is 0.316. The molecule has 0 aliphatic rings. The van der Waals surface area contributed by atoms with Crippen LogP contribution in [0.2, 0.25) is 0 Å². The summed E-state index contributed by atoms with van der Waals surface area (Å²) in [6.07, 6.45) is 0. The van der Waals surface area contributed by atoms with Gasteiger partial charge in [-0.3, -0.25) is 0 Å². The molecule has 0 saturated carbocycles. The normalized spacial score (nSPS) is 7.14. The van der Waals surface area contributed by atoms with E-state index in [0.29, 0.717) is 5.25 Å². The summed E-state index contributed by atoms with van der Waals surface area (Å²) in [4.78, 5) is 0. The summed E-state index contributed by atoms with van der Waals surface area (Å²) in [7, 11) is 0. The van der Waals surface area contributed by atoms with Gasteiger partial charge < -0.3 is 6.15 Å². The molecule has 0 heterocycles. The lowest BCUT2D eigenvalue weighted by atomic mass is 10.6. The first-order valence-corrected chi connectivity index (χ1v) is 2.70. The molecule has 0 rings (SSSR count). The molecule has 0 aromatic carbocycles. The van der Waals surface area contributed by atoms with E-state index in [-0.39, 0.29) is 6.15 Å². The molecule has 0 fully saturated rings. The Kier molecular flexibility index (Phi) is 8.23. The smallest absolute Gasteiger partial charge is 0.133 e. The average Bonchev–Trinajstić information content (AvgIpc) is 1.35. The third-order valence-electron chi connectivity index (χ3n) is 0.288. The highest BCUT2D eigenvalue weighted by molar-refractivity contribution is 8.04. The van der Waals surface area contributed by atoms with Crippen molar-refractivity contribution in [3.8, 4) is 5.40 Å². The Morgan fingerprint density at radius 3 is 2.00 bits per heavy atom. The summed E-state index contributed by atoms with van der Waals surface area (Å²) in [6, 6.07) is 0. The predicted molar refractivity (Wildman–Crippen MR) is 34.3 cm³/mol. The van der Waals surface area contributed by atoms with Crippen molar-refractivity contribution in [1.29, 1.82) is 5.26 Å². The number of hydrogen-bond donors (Lipinski definition) is 1. The Bertz CT molecular complexity index is 64.6. The lowest BCUT2D eigenvalue weighted by Crippen LogP contribution is -1.79. The molecule has 0 amide bonds. The van der Waals surface area contributed by atoms with Crippen LogP contribution in [0.15, 0.2) is 0 Å². The molecular formula is C4H11N2S+. The van der Waals surface area contributed by atoms with Gasteiger partial charge in [-0.05, 0) is 11.8 Å². The standard InChI is InChI=1S/C4H7NS.H3N/c1-4(2)6-3-5;/h4H,1-2H3;1H3/p+1. The van der Waals surface area contributed by atoms with Gasteiger partial charge in [0, 0.05) is 5.25 Å². The van der Waals surface area contributed by atoms with E-state index < -0.39 is 0 Å². The van der Waals surface area contributed by atoms with Crippen molar-refractivity contribution < 1.29 is 0 Å². The fourth-order valence-electron chi connectivity index (χ4n) is 0.105. The van der Waals surface area contributed by atoms with E-state index in [0.717, 1.165) is 0 Å². The molecule has 0 saturated heterocycles. The summed E-state index contributed by atoms with van der Waals surface area (Å²) in [6.45, 7) is 3.99. The minimum Gasteiger partial charge on any atom is -0.369 e. The van der Waals surface area contributed by atoms with E-state index in [9.17, 15) is 0 Å². The van der Waals surface area contributed by atoms with Gasteiger partial charge in [0.15, 0.2) is 0 Å². The molecule has 0 aromatic rings. The second kappa shape index (κ2) is 5.80. The van der Waals surface area contributed by atoms with Crippen molar-refractivity contribution in [2.24, 2.45) is 0 Å². The first-order chi connectivity index (χ1) is 2.77. The van der Waals surface area contributed by atoms with Gasteiger partial charge in [0.1, 0.15) is 5.40 Å². The first kappa shape index (κ1) is 9.93. The number of hydrogen-bond acceptors (Lipinski definition) is 2. The topological polar surface area (TPSA) is 60.3 Å². The number of quaternary nitrogens is 1. The minimum atomic E-state index is 0. The fraction of sp³-hybridized carbons (Fsp3) is 0.750. The number of nitriles is 1. The highest BCUT2D eigenvalue weighted by Crippen LogP contribution is 2.03. The van der Waals surface area contributed by atoms with Crippen molar-refractivity contribution in [1.82, 2.24) is 6.15 Å². The van der Waals surface area contributed by atoms with Crippen molar-refractivity contribution in [3.05, 3.63) is 0 Å². The zero-order valence-electron chi connectivity index (χ0n) is 4.93. The molecule has 2 nitrogen and oxygen atoms in total. The maximum absolute atomic E-state index is 7.95. The maximum atomic E-state index is 7.95. The molecule has 0 aliphatic carbocycles. The van der Waals surface area contributed by atoms with Crippen LogP contribution in [-0.4, -0.2) is 5.25 Å². The Hall–Kier alpha value is -0.200. The van der Waals surface area contributed by atoms with E-state index in [4.69, 9.17) is 5.26 Å². The monoisotopic (exact) mass is 119 g/mol. The summed E-state index contributed by atoms with van der Waals surface area (Å²) >= 11 is 1.29. The van der Waals surface area contributed by atoms with Crippen LogP contribution in [0.5, 0.6) is 0 Å². The maximum Gasteiger partial charge on any atom is 0.133 e. The lowest BCUT2D eigenvalue weighted by Gasteiger charge is -1.87. The average molecular weight is 119 g/mol. The Morgan fingerprint density at radius 2 is 2.00 bits per heavy atom. The zero-order chi connectivity index (χ0) is 4.99. The van der Waals surface area contributed by atoms with E-state index in [1.54, 1.807) is 0 Å². The van der Waals surface area contributed by atoms with Crippen LogP contribution in [-0.2, 0) is 0 Å². The van der Waals surface area contributed by atoms with Crippen LogP contribution < -0.4 is 6.15 Å². The minimum absolute atomic E-state index is 0. The summed E-state index contributed by atoms with van der Waals surface area (Å²) in [5.74, 6) is 0. The molecule has 0 atom stereocenters. The molecule has 0 aromatic heterocycles. The number of thioether (sulfide) groups is 1. The van der Waals surface area contributed by atoms with Gasteiger partial charge in [-0.25, -0.2) is 0 Å². The van der Waals surface area contributed by atoms with Crippen LogP contribution in [0.25, 0.3) is 0 Å². The second-order valence-corrected chi connectivity index (χ2v) is 2.62. The first-order valence-electron chi connectivity index (χ1n) is 1.82. The van der Waals surface area contributed by atoms with Gasteiger partial charge in [0.25, 0.3) is 0 Å². The van der Waals surface area contributed by atoms with Crippen LogP contribution in [0.3, 0.4) is 0 Å². The lowest BCUT2D eigenvalue weighted by molar-refractivity contribution is 1.12.